The Bertz CT molecular complexity index is 760. The van der Waals surface area contributed by atoms with Gasteiger partial charge in [0, 0.05) is 0 Å². The van der Waals surface area contributed by atoms with Gasteiger partial charge >= 0.3 is 12.4 Å². The van der Waals surface area contributed by atoms with Gasteiger partial charge in [0.2, 0.25) is 0 Å². The predicted octanol–water partition coefficient (Wildman–Crippen LogP) is 4.21. The molecule has 0 atom stereocenters. The Morgan fingerprint density at radius 2 is 1.33 bits per heavy atom. The van der Waals surface area contributed by atoms with E-state index in [0.29, 0.717) is 16.9 Å². The highest BCUT2D eigenvalue weighted by molar-refractivity contribution is 6.23. The van der Waals surface area contributed by atoms with Crippen molar-refractivity contribution in [3.05, 3.63) is 41.0 Å². The fraction of sp³-hybridized carbons (Fsp3) is 0.294. The third-order valence-corrected chi connectivity index (χ3v) is 3.32. The molecule has 1 rings (SSSR count). The summed E-state index contributed by atoms with van der Waals surface area (Å²) in [7, 11) is 2.72. The third-order valence-electron chi connectivity index (χ3n) is 3.32. The maximum atomic E-state index is 12.5. The summed E-state index contributed by atoms with van der Waals surface area (Å²) < 4.78 is 85.0. The molecule has 0 unspecified atom stereocenters. The first-order chi connectivity index (χ1) is 12.3. The Balaban J connectivity index is 3.35. The summed E-state index contributed by atoms with van der Waals surface area (Å²) in [4.78, 5) is 22.3. The standard InChI is InChI=1S/C17H14F6O4/c1-9-7-12(26-2)13(27-3)8-10(9)5-4-6-11(14(24)16(18,19)20)15(25)17(21,22)23/h4-8H,1-3H3/b5-4+. The fourth-order valence-corrected chi connectivity index (χ4v) is 1.98. The van der Waals surface area contributed by atoms with E-state index in [4.69, 9.17) is 9.47 Å². The van der Waals surface area contributed by atoms with Crippen LogP contribution in [0.4, 0.5) is 26.3 Å². The maximum Gasteiger partial charge on any atom is 0.455 e. The number of ether oxygens (including phenoxy) is 2. The number of methoxy groups -OCH3 is 2. The van der Waals surface area contributed by atoms with Crippen LogP contribution in [-0.4, -0.2) is 38.1 Å². The monoisotopic (exact) mass is 396 g/mol. The number of halogens is 6. The van der Waals surface area contributed by atoms with E-state index in [1.165, 1.54) is 26.4 Å². The smallest absolute Gasteiger partial charge is 0.455 e. The van der Waals surface area contributed by atoms with E-state index in [1.54, 1.807) is 6.92 Å². The predicted molar refractivity (Wildman–Crippen MR) is 83.5 cm³/mol. The van der Waals surface area contributed by atoms with Crippen molar-refractivity contribution in [3.8, 4) is 11.5 Å². The van der Waals surface area contributed by atoms with E-state index in [0.717, 1.165) is 12.2 Å². The summed E-state index contributed by atoms with van der Waals surface area (Å²) in [5.41, 5.74) is -1.10. The van der Waals surface area contributed by atoms with Crippen molar-refractivity contribution in [3.63, 3.8) is 0 Å². The highest BCUT2D eigenvalue weighted by atomic mass is 19.4. The lowest BCUT2D eigenvalue weighted by Crippen LogP contribution is -2.34. The van der Waals surface area contributed by atoms with Crippen molar-refractivity contribution >= 4 is 17.6 Å². The molecule has 0 bridgehead atoms. The van der Waals surface area contributed by atoms with E-state index < -0.39 is 29.5 Å². The molecule has 10 heteroatoms. The molecule has 1 aromatic carbocycles. The summed E-state index contributed by atoms with van der Waals surface area (Å²) in [6.45, 7) is 1.61. The van der Waals surface area contributed by atoms with Gasteiger partial charge < -0.3 is 9.47 Å². The minimum Gasteiger partial charge on any atom is -0.493 e. The molecule has 1 aromatic rings. The Labute approximate surface area is 150 Å². The number of benzene rings is 1. The quantitative estimate of drug-likeness (QED) is 0.238. The number of hydrogen-bond donors (Lipinski definition) is 0. The number of carbonyl (C=O) groups is 2. The highest BCUT2D eigenvalue weighted by Crippen LogP contribution is 2.31. The molecule has 148 valence electrons. The molecule has 0 radical (unpaired) electrons. The summed E-state index contributed by atoms with van der Waals surface area (Å²) in [6, 6.07) is 2.96. The lowest BCUT2D eigenvalue weighted by Gasteiger charge is -2.11. The van der Waals surface area contributed by atoms with Crippen LogP contribution in [-0.2, 0) is 9.59 Å². The molecule has 4 nitrogen and oxygen atoms in total. The summed E-state index contributed by atoms with van der Waals surface area (Å²) in [5.74, 6) is -5.12. The Hall–Kier alpha value is -2.78. The summed E-state index contributed by atoms with van der Waals surface area (Å²) in [6.07, 6.45) is -9.19. The van der Waals surface area contributed by atoms with E-state index >= 15 is 0 Å². The number of carbonyl (C=O) groups excluding carboxylic acids is 2. The van der Waals surface area contributed by atoms with Crippen LogP contribution in [0.2, 0.25) is 0 Å². The zero-order valence-electron chi connectivity index (χ0n) is 14.3. The normalized spacial score (nSPS) is 12.0. The van der Waals surface area contributed by atoms with Crippen LogP contribution < -0.4 is 9.47 Å². The minimum atomic E-state index is -5.63. The number of alkyl halides is 6. The minimum absolute atomic E-state index is 0.182. The van der Waals surface area contributed by atoms with Gasteiger partial charge in [-0.2, -0.15) is 26.3 Å². The van der Waals surface area contributed by atoms with Gasteiger partial charge in [-0.25, -0.2) is 0 Å². The van der Waals surface area contributed by atoms with Crippen molar-refractivity contribution in [2.75, 3.05) is 14.2 Å². The number of ketones is 2. The molecule has 0 aliphatic rings. The van der Waals surface area contributed by atoms with Crippen LogP contribution in [0.15, 0.2) is 29.9 Å². The molecule has 0 aliphatic heterocycles. The van der Waals surface area contributed by atoms with Gasteiger partial charge in [0.05, 0.1) is 19.8 Å². The molecule has 27 heavy (non-hydrogen) atoms. The molecular formula is C17H14F6O4. The van der Waals surface area contributed by atoms with Crippen molar-refractivity contribution in [1.82, 2.24) is 0 Å². The van der Waals surface area contributed by atoms with E-state index in [9.17, 15) is 35.9 Å². The molecule has 0 saturated carbocycles. The van der Waals surface area contributed by atoms with Crippen molar-refractivity contribution < 1.29 is 45.4 Å². The zero-order valence-corrected chi connectivity index (χ0v) is 14.3. The number of hydrogen-bond acceptors (Lipinski definition) is 4. The van der Waals surface area contributed by atoms with Crippen LogP contribution >= 0.6 is 0 Å². The van der Waals surface area contributed by atoms with Gasteiger partial charge in [0.15, 0.2) is 11.5 Å². The molecule has 0 fully saturated rings. The maximum absolute atomic E-state index is 12.5. The SMILES string of the molecule is COc1cc(C)c(/C=C/C=C(C(=O)C(F)(F)F)C(=O)C(F)(F)F)cc1OC. The largest absolute Gasteiger partial charge is 0.493 e. The van der Waals surface area contributed by atoms with Gasteiger partial charge in [0.25, 0.3) is 11.6 Å². The Morgan fingerprint density at radius 1 is 0.889 bits per heavy atom. The van der Waals surface area contributed by atoms with Gasteiger partial charge in [-0.15, -0.1) is 0 Å². The van der Waals surface area contributed by atoms with Crippen LogP contribution in [0.25, 0.3) is 6.08 Å². The van der Waals surface area contributed by atoms with E-state index in [2.05, 4.69) is 0 Å². The molecule has 0 saturated heterocycles. The fourth-order valence-electron chi connectivity index (χ4n) is 1.98. The molecular weight excluding hydrogens is 382 g/mol. The van der Waals surface area contributed by atoms with Gasteiger partial charge in [-0.1, -0.05) is 12.2 Å². The van der Waals surface area contributed by atoms with Crippen molar-refractivity contribution in [2.45, 2.75) is 19.3 Å². The lowest BCUT2D eigenvalue weighted by atomic mass is 10.0. The average Bonchev–Trinajstić information content (AvgIpc) is 2.56. The van der Waals surface area contributed by atoms with Crippen molar-refractivity contribution in [2.24, 2.45) is 0 Å². The van der Waals surface area contributed by atoms with Crippen molar-refractivity contribution in [1.29, 1.82) is 0 Å². The molecule has 0 aromatic heterocycles. The third kappa shape index (κ3) is 5.60. The zero-order chi connectivity index (χ0) is 21.0. The van der Waals surface area contributed by atoms with Gasteiger partial charge in [-0.05, 0) is 36.3 Å². The summed E-state index contributed by atoms with van der Waals surface area (Å²) in [5, 5.41) is 0. The number of rotatable bonds is 6. The molecule has 0 spiro atoms. The average molecular weight is 396 g/mol. The van der Waals surface area contributed by atoms with Crippen LogP contribution in [0, 0.1) is 6.92 Å². The van der Waals surface area contributed by atoms with Gasteiger partial charge in [-0.3, -0.25) is 9.59 Å². The second-order valence-electron chi connectivity index (χ2n) is 5.16. The summed E-state index contributed by atoms with van der Waals surface area (Å²) >= 11 is 0. The van der Waals surface area contributed by atoms with E-state index in [1.807, 2.05) is 0 Å². The van der Waals surface area contributed by atoms with Crippen LogP contribution in [0.3, 0.4) is 0 Å². The first-order valence-corrected chi connectivity index (χ1v) is 7.17. The van der Waals surface area contributed by atoms with Crippen LogP contribution in [0.1, 0.15) is 11.1 Å². The highest BCUT2D eigenvalue weighted by Gasteiger charge is 2.49. The molecule has 0 aliphatic carbocycles. The Morgan fingerprint density at radius 3 is 1.74 bits per heavy atom. The second kappa shape index (κ2) is 8.28. The first kappa shape index (κ1) is 22.3. The number of Topliss-reactive ketones (excluding diaryl/α,β-unsaturated/α-hetero) is 2. The lowest BCUT2D eigenvalue weighted by molar-refractivity contribution is -0.175. The number of aryl methyl sites for hydroxylation is 1. The van der Waals surface area contributed by atoms with E-state index in [-0.39, 0.29) is 11.8 Å². The first-order valence-electron chi connectivity index (χ1n) is 7.17. The van der Waals surface area contributed by atoms with Crippen LogP contribution in [0.5, 0.6) is 11.5 Å². The molecule has 0 heterocycles. The number of allylic oxidation sites excluding steroid dienone is 3. The van der Waals surface area contributed by atoms with Gasteiger partial charge in [0.1, 0.15) is 0 Å². The Kier molecular flexibility index (Phi) is 6.82. The molecule has 0 amide bonds. The second-order valence-corrected chi connectivity index (χ2v) is 5.16. The molecule has 0 N–H and O–H groups in total. The topological polar surface area (TPSA) is 52.6 Å².